The van der Waals surface area contributed by atoms with Crippen LogP contribution in [0, 0.1) is 5.92 Å². The summed E-state index contributed by atoms with van der Waals surface area (Å²) in [5.74, 6) is -1.44. The third-order valence-electron chi connectivity index (χ3n) is 3.55. The van der Waals surface area contributed by atoms with Crippen LogP contribution in [0.3, 0.4) is 0 Å². The lowest BCUT2D eigenvalue weighted by molar-refractivity contribution is -0.128. The number of carbonyl (C=O) groups excluding carboxylic acids is 3. The van der Waals surface area contributed by atoms with Crippen LogP contribution in [0.4, 0.5) is 0 Å². The molecule has 0 aromatic rings. The first-order chi connectivity index (χ1) is 12.6. The van der Waals surface area contributed by atoms with Crippen molar-refractivity contribution in [1.82, 2.24) is 16.0 Å². The minimum absolute atomic E-state index is 0.00854. The lowest BCUT2D eigenvalue weighted by atomic mass is 10.0. The smallest absolute Gasteiger partial charge is 0.396 e. The second kappa shape index (κ2) is 13.6. The summed E-state index contributed by atoms with van der Waals surface area (Å²) >= 11 is 0. The number of amides is 3. The Morgan fingerprint density at radius 3 is 2.30 bits per heavy atom. The minimum Gasteiger partial charge on any atom is -0.396 e. The predicted molar refractivity (Wildman–Crippen MR) is 96.5 cm³/mol. The molecule has 27 heavy (non-hydrogen) atoms. The molecule has 0 aliphatic carbocycles. The fourth-order valence-electron chi connectivity index (χ4n) is 2.07. The van der Waals surface area contributed by atoms with Gasteiger partial charge in [0, 0.05) is 46.6 Å². The van der Waals surface area contributed by atoms with Gasteiger partial charge in [0.15, 0.2) is 0 Å². The van der Waals surface area contributed by atoms with E-state index >= 15 is 0 Å². The zero-order valence-electron chi connectivity index (χ0n) is 15.9. The van der Waals surface area contributed by atoms with Gasteiger partial charge in [-0.1, -0.05) is 6.42 Å². The Morgan fingerprint density at radius 2 is 1.78 bits per heavy atom. The number of hydrogen-bond donors (Lipinski definition) is 5. The van der Waals surface area contributed by atoms with Crippen molar-refractivity contribution in [1.29, 1.82) is 0 Å². The molecular formula is C15H30N3O8P. The van der Waals surface area contributed by atoms with Gasteiger partial charge in [-0.2, -0.15) is 0 Å². The van der Waals surface area contributed by atoms with Crippen molar-refractivity contribution in [3.05, 3.63) is 0 Å². The third-order valence-corrected chi connectivity index (χ3v) is 4.49. The fourth-order valence-corrected chi connectivity index (χ4v) is 2.58. The van der Waals surface area contributed by atoms with E-state index < -0.39 is 19.8 Å². The first-order valence-corrected chi connectivity index (χ1v) is 10.0. The highest BCUT2D eigenvalue weighted by Crippen LogP contribution is 2.42. The van der Waals surface area contributed by atoms with Crippen molar-refractivity contribution in [2.24, 2.45) is 5.92 Å². The molecule has 3 amide bonds. The summed E-state index contributed by atoms with van der Waals surface area (Å²) in [5, 5.41) is 16.9. The summed E-state index contributed by atoms with van der Waals surface area (Å²) in [6.07, 6.45) is 1.75. The predicted octanol–water partition coefficient (Wildman–Crippen LogP) is -0.714. The molecule has 11 nitrogen and oxygen atoms in total. The van der Waals surface area contributed by atoms with E-state index in [1.54, 1.807) is 0 Å². The van der Waals surface area contributed by atoms with Crippen LogP contribution in [0.25, 0.3) is 0 Å². The Hall–Kier alpha value is -1.52. The normalized spacial score (nSPS) is 15.3. The Labute approximate surface area is 158 Å². The average Bonchev–Trinajstić information content (AvgIpc) is 2.60. The van der Waals surface area contributed by atoms with Crippen LogP contribution in [-0.4, -0.2) is 67.2 Å². The van der Waals surface area contributed by atoms with Crippen LogP contribution < -0.4 is 16.0 Å². The summed E-state index contributed by atoms with van der Waals surface area (Å²) in [4.78, 5) is 43.3. The van der Waals surface area contributed by atoms with Gasteiger partial charge in [0.2, 0.25) is 17.7 Å². The van der Waals surface area contributed by atoms with Gasteiger partial charge in [-0.3, -0.25) is 23.4 Å². The average molecular weight is 411 g/mol. The van der Waals surface area contributed by atoms with Crippen LogP contribution in [0.1, 0.15) is 33.1 Å². The highest BCUT2D eigenvalue weighted by molar-refractivity contribution is 7.47. The number of rotatable bonds is 14. The molecule has 3 atom stereocenters. The van der Waals surface area contributed by atoms with E-state index in [0.29, 0.717) is 25.8 Å². The molecule has 0 spiro atoms. The molecular weight excluding hydrogens is 381 g/mol. The lowest BCUT2D eigenvalue weighted by Crippen LogP contribution is -2.52. The topological polar surface area (TPSA) is 163 Å². The van der Waals surface area contributed by atoms with Gasteiger partial charge < -0.3 is 26.0 Å². The van der Waals surface area contributed by atoms with E-state index in [-0.39, 0.29) is 37.5 Å². The van der Waals surface area contributed by atoms with E-state index in [9.17, 15) is 24.1 Å². The molecule has 12 heteroatoms. The second-order valence-corrected chi connectivity index (χ2v) is 7.53. The third kappa shape index (κ3) is 13.3. The van der Waals surface area contributed by atoms with Gasteiger partial charge in [-0.15, -0.1) is 0 Å². The standard InChI is InChI=1S/C15H30N3O8P/c1-11(20)17-8-14(18-12(2)21)15(22)16-7-5-4-6-13(9-19)10-26-27(23,24)25-3/h13-14,19H,4-10H2,1-3H3,(H,16,22)(H,17,20)(H,18,21)(H,23,24)/t13?,14-/m0/s1. The molecule has 5 N–H and O–H groups in total. The molecule has 0 saturated carbocycles. The number of hydrogen-bond acceptors (Lipinski definition) is 7. The first-order valence-electron chi connectivity index (χ1n) is 8.54. The summed E-state index contributed by atoms with van der Waals surface area (Å²) in [6, 6.07) is -0.863. The molecule has 0 aromatic carbocycles. The molecule has 0 saturated heterocycles. The first kappa shape index (κ1) is 25.5. The molecule has 0 heterocycles. The molecule has 2 unspecified atom stereocenters. The van der Waals surface area contributed by atoms with Crippen LogP contribution >= 0.6 is 7.82 Å². The monoisotopic (exact) mass is 411 g/mol. The van der Waals surface area contributed by atoms with E-state index in [4.69, 9.17) is 9.42 Å². The zero-order valence-corrected chi connectivity index (χ0v) is 16.8. The van der Waals surface area contributed by atoms with Crippen LogP contribution in [0.2, 0.25) is 0 Å². The molecule has 0 rings (SSSR count). The van der Waals surface area contributed by atoms with Gasteiger partial charge in [0.05, 0.1) is 6.61 Å². The van der Waals surface area contributed by atoms with Gasteiger partial charge in [-0.05, 0) is 12.8 Å². The molecule has 0 aliphatic heterocycles. The number of phosphoric ester groups is 1. The molecule has 0 radical (unpaired) electrons. The lowest BCUT2D eigenvalue weighted by Gasteiger charge is -2.18. The van der Waals surface area contributed by atoms with E-state index in [1.165, 1.54) is 13.8 Å². The highest BCUT2D eigenvalue weighted by Gasteiger charge is 2.21. The van der Waals surface area contributed by atoms with E-state index in [0.717, 1.165) is 7.11 Å². The molecule has 0 aliphatic rings. The van der Waals surface area contributed by atoms with E-state index in [2.05, 4.69) is 20.5 Å². The van der Waals surface area contributed by atoms with Crippen LogP contribution in [0.15, 0.2) is 0 Å². The molecule has 0 bridgehead atoms. The zero-order chi connectivity index (χ0) is 20.9. The van der Waals surface area contributed by atoms with Crippen molar-refractivity contribution in [3.8, 4) is 0 Å². The Balaban J connectivity index is 4.17. The Kier molecular flexibility index (Phi) is 12.9. The summed E-state index contributed by atoms with van der Waals surface area (Å²) < 4.78 is 20.2. The summed E-state index contributed by atoms with van der Waals surface area (Å²) in [7, 11) is -3.01. The number of unbranched alkanes of at least 4 members (excludes halogenated alkanes) is 1. The summed E-state index contributed by atoms with van der Waals surface area (Å²) in [5.41, 5.74) is 0. The molecule has 0 fully saturated rings. The van der Waals surface area contributed by atoms with Gasteiger partial charge in [0.1, 0.15) is 6.04 Å². The number of aliphatic hydroxyl groups excluding tert-OH is 1. The highest BCUT2D eigenvalue weighted by atomic mass is 31.2. The van der Waals surface area contributed by atoms with E-state index in [1.807, 2.05) is 0 Å². The largest absolute Gasteiger partial charge is 0.471 e. The van der Waals surface area contributed by atoms with Crippen LogP contribution in [-0.2, 0) is 28.0 Å². The SMILES string of the molecule is COP(=O)(O)OCC(CO)CCCCNC(=O)[C@H](CNC(C)=O)NC(C)=O. The van der Waals surface area contributed by atoms with Crippen molar-refractivity contribution in [2.45, 2.75) is 39.2 Å². The Bertz CT molecular complexity index is 531. The van der Waals surface area contributed by atoms with Crippen molar-refractivity contribution in [3.63, 3.8) is 0 Å². The minimum atomic E-state index is -4.07. The van der Waals surface area contributed by atoms with Crippen molar-refractivity contribution < 1.29 is 38.0 Å². The van der Waals surface area contributed by atoms with Crippen molar-refractivity contribution >= 4 is 25.5 Å². The maximum atomic E-state index is 12.1. The van der Waals surface area contributed by atoms with Gasteiger partial charge in [-0.25, -0.2) is 4.57 Å². The Morgan fingerprint density at radius 1 is 1.11 bits per heavy atom. The van der Waals surface area contributed by atoms with Gasteiger partial charge >= 0.3 is 7.82 Å². The van der Waals surface area contributed by atoms with Crippen molar-refractivity contribution in [2.75, 3.05) is 33.4 Å². The number of nitrogens with one attached hydrogen (secondary N) is 3. The maximum absolute atomic E-state index is 12.1. The van der Waals surface area contributed by atoms with Crippen LogP contribution in [0.5, 0.6) is 0 Å². The summed E-state index contributed by atoms with van der Waals surface area (Å²) in [6.45, 7) is 2.59. The number of phosphoric acid groups is 1. The molecule has 0 aromatic heterocycles. The quantitative estimate of drug-likeness (QED) is 0.185. The second-order valence-electron chi connectivity index (χ2n) is 5.97. The molecule has 158 valence electrons. The fraction of sp³-hybridized carbons (Fsp3) is 0.800. The number of aliphatic hydroxyl groups is 1. The maximum Gasteiger partial charge on any atom is 0.471 e. The number of carbonyl (C=O) groups is 3. The van der Waals surface area contributed by atoms with Gasteiger partial charge in [0.25, 0.3) is 0 Å².